The lowest BCUT2D eigenvalue weighted by molar-refractivity contribution is -0.0125. The van der Waals surface area contributed by atoms with Crippen LogP contribution in [0.3, 0.4) is 0 Å². The molecule has 3 fully saturated rings. The van der Waals surface area contributed by atoms with Crippen LogP contribution in [0.5, 0.6) is 5.75 Å². The van der Waals surface area contributed by atoms with Gasteiger partial charge in [-0.1, -0.05) is 25.8 Å². The van der Waals surface area contributed by atoms with E-state index >= 15 is 4.39 Å². The quantitative estimate of drug-likeness (QED) is 0.602. The number of alkyl halides is 1. The molecule has 1 N–H and O–H groups in total. The summed E-state index contributed by atoms with van der Waals surface area (Å²) in [6.45, 7) is 2.13. The van der Waals surface area contributed by atoms with Gasteiger partial charge in [0.1, 0.15) is 18.2 Å². The predicted octanol–water partition coefficient (Wildman–Crippen LogP) is 4.32. The molecule has 178 valence electrons. The van der Waals surface area contributed by atoms with Crippen LogP contribution in [0.4, 0.5) is 10.2 Å². The Morgan fingerprint density at radius 1 is 1.15 bits per heavy atom. The summed E-state index contributed by atoms with van der Waals surface area (Å²) >= 11 is 0. The van der Waals surface area contributed by atoms with Gasteiger partial charge in [-0.2, -0.15) is 5.10 Å². The lowest BCUT2D eigenvalue weighted by atomic mass is 9.60. The Bertz CT molecular complexity index is 1190. The third-order valence-corrected chi connectivity index (χ3v) is 7.90. The maximum Gasteiger partial charge on any atom is 0.185 e. The Balaban J connectivity index is 1.27. The molecule has 1 aromatic carbocycles. The number of phenols is 1. The number of phenolic OH excluding ortho intramolecular Hbond substituents is 1. The molecule has 6 rings (SSSR count). The topological polar surface area (TPSA) is 92.9 Å². The van der Waals surface area contributed by atoms with Crippen molar-refractivity contribution in [1.82, 2.24) is 29.9 Å². The van der Waals surface area contributed by atoms with Crippen LogP contribution < -0.4 is 4.90 Å². The number of hydrogen-bond acceptors (Lipinski definition) is 7. The minimum Gasteiger partial charge on any atom is -0.507 e. The van der Waals surface area contributed by atoms with Crippen LogP contribution in [0.2, 0.25) is 0 Å². The zero-order chi connectivity index (χ0) is 23.4. The molecule has 0 saturated heterocycles. The van der Waals surface area contributed by atoms with E-state index in [0.29, 0.717) is 40.6 Å². The van der Waals surface area contributed by atoms with Gasteiger partial charge in [0, 0.05) is 24.1 Å². The molecule has 4 atom stereocenters. The molecule has 0 aliphatic heterocycles. The van der Waals surface area contributed by atoms with Crippen molar-refractivity contribution in [3.63, 3.8) is 0 Å². The fraction of sp³-hybridized carbons (Fsp3) is 0.560. The molecular formula is C25H30FN7O. The summed E-state index contributed by atoms with van der Waals surface area (Å²) in [4.78, 5) is 10.9. The average molecular weight is 464 g/mol. The molecule has 3 saturated carbocycles. The molecule has 9 heteroatoms. The van der Waals surface area contributed by atoms with Crippen LogP contribution in [0.15, 0.2) is 30.7 Å². The van der Waals surface area contributed by atoms with Crippen molar-refractivity contribution < 1.29 is 9.50 Å². The first kappa shape index (κ1) is 21.4. The van der Waals surface area contributed by atoms with Gasteiger partial charge >= 0.3 is 0 Å². The summed E-state index contributed by atoms with van der Waals surface area (Å²) < 4.78 is 17.5. The first-order valence-corrected chi connectivity index (χ1v) is 12.2. The lowest BCUT2D eigenvalue weighted by Gasteiger charge is -2.52. The maximum atomic E-state index is 15.8. The Labute approximate surface area is 198 Å². The standard InChI is InChI=1S/C25H30FN7O/c1-25-9-3-4-15(12-25)10-19(22(25)26)33(17-6-7-17)21-13-27-24(30-29-21)18-8-5-16(11-20(18)34)23-28-14-32(2)31-23/h5,8,11,13-15,17,19,22,34H,3-4,6-7,9-10,12H2,1-2H3/t15-,19-,22-,25-/m1/s1. The minimum atomic E-state index is -0.872. The van der Waals surface area contributed by atoms with Gasteiger partial charge in [0.05, 0.1) is 17.8 Å². The van der Waals surface area contributed by atoms with Crippen LogP contribution in [-0.2, 0) is 7.05 Å². The fourth-order valence-corrected chi connectivity index (χ4v) is 6.11. The van der Waals surface area contributed by atoms with E-state index in [0.717, 1.165) is 38.5 Å². The number of benzene rings is 1. The van der Waals surface area contributed by atoms with E-state index in [-0.39, 0.29) is 17.2 Å². The molecule has 0 spiro atoms. The van der Waals surface area contributed by atoms with E-state index in [1.807, 2.05) is 6.07 Å². The van der Waals surface area contributed by atoms with Crippen molar-refractivity contribution >= 4 is 5.82 Å². The number of halogens is 1. The Hall–Kier alpha value is -3.10. The van der Waals surface area contributed by atoms with Crippen LogP contribution >= 0.6 is 0 Å². The van der Waals surface area contributed by atoms with Crippen molar-refractivity contribution in [3.05, 3.63) is 30.7 Å². The first-order valence-electron chi connectivity index (χ1n) is 12.2. The Morgan fingerprint density at radius 2 is 2.00 bits per heavy atom. The third kappa shape index (κ3) is 3.71. The monoisotopic (exact) mass is 463 g/mol. The minimum absolute atomic E-state index is 0.0374. The number of aromatic nitrogens is 6. The van der Waals surface area contributed by atoms with Crippen molar-refractivity contribution in [2.24, 2.45) is 18.4 Å². The molecule has 3 aliphatic carbocycles. The summed E-state index contributed by atoms with van der Waals surface area (Å²) in [5.74, 6) is 2.13. The van der Waals surface area contributed by atoms with Gasteiger partial charge < -0.3 is 10.0 Å². The van der Waals surface area contributed by atoms with Gasteiger partial charge in [-0.3, -0.25) is 4.68 Å². The smallest absolute Gasteiger partial charge is 0.185 e. The lowest BCUT2D eigenvalue weighted by Crippen LogP contribution is -2.56. The van der Waals surface area contributed by atoms with Crippen molar-refractivity contribution in [2.45, 2.75) is 70.1 Å². The SMILES string of the molecule is Cn1cnc(-c2ccc(-c3ncc(N(C4CC4)[C@@H]4C[C@H]5CCC[C@](C)(C5)[C@@H]4F)nn3)c(O)c2)n1. The van der Waals surface area contributed by atoms with Crippen molar-refractivity contribution in [3.8, 4) is 28.5 Å². The third-order valence-electron chi connectivity index (χ3n) is 7.90. The number of hydrogen-bond donors (Lipinski definition) is 1. The highest BCUT2D eigenvalue weighted by molar-refractivity contribution is 5.70. The largest absolute Gasteiger partial charge is 0.507 e. The van der Waals surface area contributed by atoms with E-state index in [4.69, 9.17) is 0 Å². The van der Waals surface area contributed by atoms with Crippen LogP contribution in [0.1, 0.15) is 51.9 Å². The summed E-state index contributed by atoms with van der Waals surface area (Å²) in [7, 11) is 1.79. The van der Waals surface area contributed by atoms with Crippen LogP contribution in [0.25, 0.3) is 22.8 Å². The molecule has 34 heavy (non-hydrogen) atoms. The molecule has 2 aromatic heterocycles. The Kier molecular flexibility index (Phi) is 5.04. The molecule has 0 radical (unpaired) electrons. The number of nitrogens with zero attached hydrogens (tertiary/aromatic N) is 7. The zero-order valence-electron chi connectivity index (χ0n) is 19.6. The fourth-order valence-electron chi connectivity index (χ4n) is 6.11. The van der Waals surface area contributed by atoms with Gasteiger partial charge in [0.25, 0.3) is 0 Å². The molecule has 8 nitrogen and oxygen atoms in total. The van der Waals surface area contributed by atoms with Crippen molar-refractivity contribution in [2.75, 3.05) is 4.90 Å². The highest BCUT2D eigenvalue weighted by Gasteiger charge is 2.52. The average Bonchev–Trinajstić information content (AvgIpc) is 3.56. The molecule has 0 amide bonds. The zero-order valence-corrected chi connectivity index (χ0v) is 19.6. The number of fused-ring (bicyclic) bond motifs is 2. The molecule has 0 unspecified atom stereocenters. The summed E-state index contributed by atoms with van der Waals surface area (Å²) in [6, 6.07) is 5.32. The summed E-state index contributed by atoms with van der Waals surface area (Å²) in [5, 5.41) is 23.7. The van der Waals surface area contributed by atoms with Crippen molar-refractivity contribution in [1.29, 1.82) is 0 Å². The molecule has 2 bridgehead atoms. The highest BCUT2D eigenvalue weighted by Crippen LogP contribution is 2.52. The number of aromatic hydroxyl groups is 1. The van der Waals surface area contributed by atoms with Crippen LogP contribution in [-0.4, -0.2) is 53.3 Å². The predicted molar refractivity (Wildman–Crippen MR) is 126 cm³/mol. The molecule has 3 aliphatic rings. The normalized spacial score (nSPS) is 28.6. The Morgan fingerprint density at radius 3 is 2.68 bits per heavy atom. The molecule has 3 aromatic rings. The van der Waals surface area contributed by atoms with Crippen LogP contribution in [0, 0.1) is 11.3 Å². The van der Waals surface area contributed by atoms with Gasteiger partial charge in [0.2, 0.25) is 0 Å². The molecule has 2 heterocycles. The number of aryl methyl sites for hydroxylation is 1. The summed E-state index contributed by atoms with van der Waals surface area (Å²) in [6.07, 6.45) is 9.70. The van der Waals surface area contributed by atoms with E-state index in [2.05, 4.69) is 37.1 Å². The van der Waals surface area contributed by atoms with Gasteiger partial charge in [-0.25, -0.2) is 14.4 Å². The van der Waals surface area contributed by atoms with Gasteiger partial charge in [-0.05, 0) is 50.2 Å². The number of anilines is 1. The van der Waals surface area contributed by atoms with Gasteiger partial charge in [-0.15, -0.1) is 10.2 Å². The second kappa shape index (κ2) is 7.99. The van der Waals surface area contributed by atoms with E-state index in [9.17, 15) is 5.11 Å². The van der Waals surface area contributed by atoms with E-state index in [1.54, 1.807) is 36.4 Å². The van der Waals surface area contributed by atoms with E-state index in [1.165, 1.54) is 6.42 Å². The second-order valence-electron chi connectivity index (χ2n) is 10.6. The second-order valence-corrected chi connectivity index (χ2v) is 10.6. The number of rotatable bonds is 5. The molecular weight excluding hydrogens is 433 g/mol. The van der Waals surface area contributed by atoms with Gasteiger partial charge in [0.15, 0.2) is 17.5 Å². The maximum absolute atomic E-state index is 15.8. The van der Waals surface area contributed by atoms with E-state index < -0.39 is 6.17 Å². The first-order chi connectivity index (χ1) is 16.4. The highest BCUT2D eigenvalue weighted by atomic mass is 19.1. The summed E-state index contributed by atoms with van der Waals surface area (Å²) in [5.41, 5.74) is 0.951.